The number of hydrogen-bond donors (Lipinski definition) is 1. The van der Waals surface area contributed by atoms with Gasteiger partial charge in [0.15, 0.2) is 0 Å². The molecule has 0 spiro atoms. The average Bonchev–Trinajstić information content (AvgIpc) is 3.19. The van der Waals surface area contributed by atoms with Crippen LogP contribution in [0.3, 0.4) is 0 Å². The topological polar surface area (TPSA) is 91.8 Å². The number of nitrogens with zero attached hydrogens (tertiary/aromatic N) is 3. The van der Waals surface area contributed by atoms with Crippen LogP contribution in [0, 0.1) is 0 Å². The number of rotatable bonds is 4. The monoisotopic (exact) mass is 358 g/mol. The Balaban J connectivity index is 1.36. The molecular weight excluding hydrogens is 344 g/mol. The number of hydrogen-bond acceptors (Lipinski definition) is 6. The lowest BCUT2D eigenvalue weighted by atomic mass is 10.1. The van der Waals surface area contributed by atoms with Crippen LogP contribution in [0.2, 0.25) is 0 Å². The number of amides is 4. The highest BCUT2D eigenvalue weighted by Crippen LogP contribution is 2.25. The molecule has 4 amide bonds. The second kappa shape index (κ2) is 6.17. The Morgan fingerprint density at radius 1 is 1.24 bits per heavy atom. The van der Waals surface area contributed by atoms with Gasteiger partial charge in [-0.3, -0.25) is 14.5 Å². The van der Waals surface area contributed by atoms with E-state index in [-0.39, 0.29) is 30.4 Å². The van der Waals surface area contributed by atoms with Gasteiger partial charge in [-0.1, -0.05) is 11.3 Å². The number of benzene rings is 1. The highest BCUT2D eigenvalue weighted by atomic mass is 32.1. The zero-order valence-electron chi connectivity index (χ0n) is 13.0. The molecule has 0 saturated carbocycles. The van der Waals surface area contributed by atoms with Crippen LogP contribution in [0.5, 0.6) is 10.9 Å². The summed E-state index contributed by atoms with van der Waals surface area (Å²) < 4.78 is 5.56. The van der Waals surface area contributed by atoms with E-state index in [1.165, 1.54) is 16.2 Å². The summed E-state index contributed by atoms with van der Waals surface area (Å²) in [5, 5.41) is 4.84. The van der Waals surface area contributed by atoms with Crippen molar-refractivity contribution in [2.45, 2.75) is 6.04 Å². The van der Waals surface area contributed by atoms with E-state index in [1.807, 2.05) is 5.38 Å². The molecule has 2 fully saturated rings. The highest BCUT2D eigenvalue weighted by molar-refractivity contribution is 7.11. The quantitative estimate of drug-likeness (QED) is 0.832. The maximum Gasteiger partial charge on any atom is 0.324 e. The molecule has 0 aliphatic carbocycles. The molecule has 2 saturated heterocycles. The second-order valence-corrected chi connectivity index (χ2v) is 6.57. The molecule has 2 aromatic rings. The smallest absolute Gasteiger partial charge is 0.324 e. The van der Waals surface area contributed by atoms with Crippen LogP contribution in [-0.4, -0.2) is 58.3 Å². The number of nitrogens with one attached hydrogen (secondary N) is 1. The zero-order chi connectivity index (χ0) is 17.4. The number of thiazole rings is 1. The number of likely N-dealkylation sites (tertiary alicyclic amines) is 1. The van der Waals surface area contributed by atoms with Gasteiger partial charge in [0.05, 0.1) is 12.6 Å². The van der Waals surface area contributed by atoms with Crippen LogP contribution < -0.4 is 10.1 Å². The summed E-state index contributed by atoms with van der Waals surface area (Å²) in [5.41, 5.74) is 0.530. The molecule has 0 radical (unpaired) electrons. The first-order chi connectivity index (χ1) is 12.1. The van der Waals surface area contributed by atoms with Gasteiger partial charge in [0, 0.05) is 30.2 Å². The van der Waals surface area contributed by atoms with E-state index in [1.54, 1.807) is 35.4 Å². The fourth-order valence-corrected chi connectivity index (χ4v) is 3.30. The minimum Gasteiger partial charge on any atom is -0.431 e. The summed E-state index contributed by atoms with van der Waals surface area (Å²) in [4.78, 5) is 42.6. The number of carbonyl (C=O) groups is 3. The third kappa shape index (κ3) is 2.93. The Morgan fingerprint density at radius 3 is 2.60 bits per heavy atom. The minimum atomic E-state index is -0.384. The van der Waals surface area contributed by atoms with Crippen molar-refractivity contribution in [1.29, 1.82) is 0 Å². The Bertz CT molecular complexity index is 799. The van der Waals surface area contributed by atoms with Crippen LogP contribution in [0.4, 0.5) is 4.79 Å². The lowest BCUT2D eigenvalue weighted by molar-refractivity contribution is -0.128. The molecule has 0 unspecified atom stereocenters. The van der Waals surface area contributed by atoms with E-state index < -0.39 is 0 Å². The van der Waals surface area contributed by atoms with Crippen molar-refractivity contribution in [3.8, 4) is 10.9 Å². The first-order valence-electron chi connectivity index (χ1n) is 7.68. The SMILES string of the molecule is O=C(c1ccc(Oc2nccs2)cc1)N1CC(N2C(=O)CNC2=O)C1. The minimum absolute atomic E-state index is 0.0316. The normalized spacial score (nSPS) is 17.4. The summed E-state index contributed by atoms with van der Waals surface area (Å²) in [6.07, 6.45) is 1.66. The predicted molar refractivity (Wildman–Crippen MR) is 88.6 cm³/mol. The molecule has 8 nitrogen and oxygen atoms in total. The van der Waals surface area contributed by atoms with E-state index in [2.05, 4.69) is 10.3 Å². The maximum absolute atomic E-state index is 12.4. The Morgan fingerprint density at radius 2 is 2.00 bits per heavy atom. The van der Waals surface area contributed by atoms with Crippen molar-refractivity contribution in [2.24, 2.45) is 0 Å². The highest BCUT2D eigenvalue weighted by Gasteiger charge is 2.43. The fourth-order valence-electron chi connectivity index (χ4n) is 2.80. The Hall–Kier alpha value is -2.94. The molecule has 25 heavy (non-hydrogen) atoms. The summed E-state index contributed by atoms with van der Waals surface area (Å²) in [7, 11) is 0. The standard InChI is InChI=1S/C16H14N4O4S/c21-13-7-18-15(23)20(13)11-8-19(9-11)14(22)10-1-3-12(4-2-10)24-16-17-5-6-25-16/h1-6,11H,7-9H2,(H,18,23). The lowest BCUT2D eigenvalue weighted by Crippen LogP contribution is -2.62. The van der Waals surface area contributed by atoms with Crippen molar-refractivity contribution >= 4 is 29.2 Å². The van der Waals surface area contributed by atoms with Gasteiger partial charge in [0.25, 0.3) is 11.1 Å². The molecule has 2 aliphatic heterocycles. The van der Waals surface area contributed by atoms with Crippen LogP contribution in [-0.2, 0) is 4.79 Å². The van der Waals surface area contributed by atoms with Gasteiger partial charge in [-0.05, 0) is 24.3 Å². The van der Waals surface area contributed by atoms with Crippen LogP contribution in [0.25, 0.3) is 0 Å². The van der Waals surface area contributed by atoms with Gasteiger partial charge in [0.2, 0.25) is 5.91 Å². The third-order valence-corrected chi connectivity index (χ3v) is 4.76. The van der Waals surface area contributed by atoms with Gasteiger partial charge in [-0.25, -0.2) is 9.78 Å². The number of urea groups is 1. The van der Waals surface area contributed by atoms with Gasteiger partial charge >= 0.3 is 6.03 Å². The van der Waals surface area contributed by atoms with Gasteiger partial charge < -0.3 is 15.0 Å². The summed E-state index contributed by atoms with van der Waals surface area (Å²) in [5.74, 6) is 0.224. The van der Waals surface area contributed by atoms with E-state index in [9.17, 15) is 14.4 Å². The second-order valence-electron chi connectivity index (χ2n) is 5.71. The van der Waals surface area contributed by atoms with Crippen molar-refractivity contribution in [3.63, 3.8) is 0 Å². The van der Waals surface area contributed by atoms with Crippen molar-refractivity contribution in [1.82, 2.24) is 20.1 Å². The maximum atomic E-state index is 12.4. The van der Waals surface area contributed by atoms with Crippen LogP contribution in [0.1, 0.15) is 10.4 Å². The number of aromatic nitrogens is 1. The molecule has 9 heteroatoms. The molecule has 1 aromatic carbocycles. The van der Waals surface area contributed by atoms with E-state index in [0.717, 1.165) is 0 Å². The molecular formula is C16H14N4O4S. The number of ether oxygens (including phenoxy) is 1. The van der Waals surface area contributed by atoms with Gasteiger partial charge in [0.1, 0.15) is 5.75 Å². The fraction of sp³-hybridized carbons (Fsp3) is 0.250. The zero-order valence-corrected chi connectivity index (χ0v) is 13.9. The van der Waals surface area contributed by atoms with E-state index in [4.69, 9.17) is 4.74 Å². The Labute approximate surface area is 147 Å². The van der Waals surface area contributed by atoms with Crippen molar-refractivity contribution < 1.29 is 19.1 Å². The van der Waals surface area contributed by atoms with E-state index in [0.29, 0.717) is 29.6 Å². The lowest BCUT2D eigenvalue weighted by Gasteiger charge is -2.42. The molecule has 0 atom stereocenters. The third-order valence-electron chi connectivity index (χ3n) is 4.11. The first kappa shape index (κ1) is 15.6. The number of imide groups is 1. The molecule has 4 rings (SSSR count). The van der Waals surface area contributed by atoms with E-state index >= 15 is 0 Å². The largest absolute Gasteiger partial charge is 0.431 e. The average molecular weight is 358 g/mol. The molecule has 1 aromatic heterocycles. The Kier molecular flexibility index (Phi) is 3.85. The van der Waals surface area contributed by atoms with Crippen LogP contribution >= 0.6 is 11.3 Å². The molecule has 2 aliphatic rings. The molecule has 0 bridgehead atoms. The molecule has 128 valence electrons. The van der Waals surface area contributed by atoms with Gasteiger partial charge in [-0.15, -0.1) is 0 Å². The van der Waals surface area contributed by atoms with Gasteiger partial charge in [-0.2, -0.15) is 0 Å². The summed E-state index contributed by atoms with van der Waals surface area (Å²) in [6.45, 7) is 0.745. The van der Waals surface area contributed by atoms with Crippen LogP contribution in [0.15, 0.2) is 35.8 Å². The first-order valence-corrected chi connectivity index (χ1v) is 8.56. The molecule has 3 heterocycles. The summed E-state index contributed by atoms with van der Waals surface area (Å²) >= 11 is 1.39. The number of carbonyl (C=O) groups excluding carboxylic acids is 3. The summed E-state index contributed by atoms with van der Waals surface area (Å²) in [6, 6.07) is 6.17. The predicted octanol–water partition coefficient (Wildman–Crippen LogP) is 1.31. The molecule has 1 N–H and O–H groups in total. The van der Waals surface area contributed by atoms with Crippen molar-refractivity contribution in [2.75, 3.05) is 19.6 Å². The van der Waals surface area contributed by atoms with Crippen molar-refractivity contribution in [3.05, 3.63) is 41.4 Å².